The van der Waals surface area contributed by atoms with Gasteiger partial charge in [0.1, 0.15) is 17.9 Å². The topological polar surface area (TPSA) is 53.9 Å². The first-order chi connectivity index (χ1) is 10.4. The van der Waals surface area contributed by atoms with Crippen LogP contribution in [0.15, 0.2) is 24.3 Å². The van der Waals surface area contributed by atoms with Crippen molar-refractivity contribution in [1.82, 2.24) is 10.2 Å². The van der Waals surface area contributed by atoms with E-state index in [2.05, 4.69) is 5.32 Å². The number of carbonyl (C=O) groups excluding carboxylic acids is 2. The molecule has 0 aromatic heterocycles. The first-order valence-electron chi connectivity index (χ1n) is 7.60. The molecule has 5 nitrogen and oxygen atoms in total. The molecule has 22 heavy (non-hydrogen) atoms. The van der Waals surface area contributed by atoms with E-state index in [1.165, 1.54) is 17.0 Å². The minimum absolute atomic E-state index is 0.126. The van der Waals surface area contributed by atoms with Crippen molar-refractivity contribution in [3.05, 3.63) is 35.6 Å². The Morgan fingerprint density at radius 2 is 1.95 bits per heavy atom. The lowest BCUT2D eigenvalue weighted by Crippen LogP contribution is -3.09. The predicted octanol–water partition coefficient (Wildman–Crippen LogP) is 0.518. The quantitative estimate of drug-likeness (QED) is 0.779. The van der Waals surface area contributed by atoms with Crippen LogP contribution in [-0.4, -0.2) is 36.1 Å². The maximum atomic E-state index is 12.9. The highest BCUT2D eigenvalue weighted by Gasteiger charge is 2.56. The fourth-order valence-corrected chi connectivity index (χ4v) is 3.07. The van der Waals surface area contributed by atoms with Gasteiger partial charge in [0, 0.05) is 5.56 Å². The standard InChI is InChI=1S/C16H20FN3O2/c1-16(12-5-6-12)14(21)20(15(22)18-16)10-19(2)9-11-3-7-13(17)8-4-11/h3-4,7-8,12H,5-6,9-10H2,1-2H3,(H,18,22)/p+1/t16-/m0/s1. The van der Waals surface area contributed by atoms with E-state index < -0.39 is 5.54 Å². The third-order valence-electron chi connectivity index (χ3n) is 4.54. The Morgan fingerprint density at radius 1 is 1.32 bits per heavy atom. The van der Waals surface area contributed by atoms with Gasteiger partial charge < -0.3 is 10.2 Å². The van der Waals surface area contributed by atoms with Crippen LogP contribution in [0.5, 0.6) is 0 Å². The van der Waals surface area contributed by atoms with Gasteiger partial charge in [-0.1, -0.05) is 12.1 Å². The Kier molecular flexibility index (Phi) is 3.64. The molecule has 6 heteroatoms. The average molecular weight is 306 g/mol. The Hall–Kier alpha value is -1.95. The summed E-state index contributed by atoms with van der Waals surface area (Å²) in [5, 5.41) is 2.84. The number of halogens is 1. The Morgan fingerprint density at radius 3 is 2.55 bits per heavy atom. The maximum absolute atomic E-state index is 12.9. The molecule has 118 valence electrons. The molecule has 1 unspecified atom stereocenters. The molecule has 0 spiro atoms. The number of amides is 3. The molecule has 1 aliphatic carbocycles. The molecule has 1 saturated heterocycles. The third kappa shape index (κ3) is 2.70. The number of hydrogen-bond acceptors (Lipinski definition) is 2. The van der Waals surface area contributed by atoms with Crippen LogP contribution in [0.4, 0.5) is 9.18 Å². The lowest BCUT2D eigenvalue weighted by atomic mass is 9.96. The van der Waals surface area contributed by atoms with E-state index in [1.54, 1.807) is 12.1 Å². The first kappa shape index (κ1) is 15.0. The molecular weight excluding hydrogens is 285 g/mol. The summed E-state index contributed by atoms with van der Waals surface area (Å²) >= 11 is 0. The summed E-state index contributed by atoms with van der Waals surface area (Å²) in [5.41, 5.74) is 0.240. The van der Waals surface area contributed by atoms with Crippen molar-refractivity contribution in [3.8, 4) is 0 Å². The van der Waals surface area contributed by atoms with Crippen molar-refractivity contribution in [2.24, 2.45) is 5.92 Å². The second kappa shape index (κ2) is 5.35. The summed E-state index contributed by atoms with van der Waals surface area (Å²) in [4.78, 5) is 26.9. The summed E-state index contributed by atoms with van der Waals surface area (Å²) < 4.78 is 12.9. The van der Waals surface area contributed by atoms with Crippen LogP contribution >= 0.6 is 0 Å². The van der Waals surface area contributed by atoms with Gasteiger partial charge in [-0.25, -0.2) is 14.1 Å². The second-order valence-electron chi connectivity index (χ2n) is 6.56. The van der Waals surface area contributed by atoms with E-state index in [0.717, 1.165) is 23.3 Å². The Labute approximate surface area is 129 Å². The minimum atomic E-state index is -0.729. The van der Waals surface area contributed by atoms with Crippen LogP contribution in [0.3, 0.4) is 0 Å². The van der Waals surface area contributed by atoms with Crippen LogP contribution in [-0.2, 0) is 11.3 Å². The zero-order chi connectivity index (χ0) is 15.9. The summed E-state index contributed by atoms with van der Waals surface area (Å²) in [6, 6.07) is 5.97. The molecule has 1 aliphatic heterocycles. The monoisotopic (exact) mass is 306 g/mol. The summed E-state index contributed by atoms with van der Waals surface area (Å²) in [6.07, 6.45) is 1.99. The third-order valence-corrected chi connectivity index (χ3v) is 4.54. The highest BCUT2D eigenvalue weighted by atomic mass is 19.1. The number of hydrogen-bond donors (Lipinski definition) is 2. The highest BCUT2D eigenvalue weighted by Crippen LogP contribution is 2.42. The zero-order valence-corrected chi connectivity index (χ0v) is 12.9. The van der Waals surface area contributed by atoms with Gasteiger partial charge in [-0.05, 0) is 37.8 Å². The maximum Gasteiger partial charge on any atom is 0.329 e. The lowest BCUT2D eigenvalue weighted by Gasteiger charge is -2.22. The SMILES string of the molecule is C[NH+](Cc1ccc(F)cc1)CN1C(=O)N[C@@](C)(C2CC2)C1=O. The van der Waals surface area contributed by atoms with Crippen LogP contribution in [0.2, 0.25) is 0 Å². The van der Waals surface area contributed by atoms with Crippen LogP contribution in [0.25, 0.3) is 0 Å². The van der Waals surface area contributed by atoms with Gasteiger partial charge in [0.05, 0.1) is 7.05 Å². The summed E-state index contributed by atoms with van der Waals surface area (Å²) in [7, 11) is 1.91. The summed E-state index contributed by atoms with van der Waals surface area (Å²) in [6.45, 7) is 2.75. The van der Waals surface area contributed by atoms with Crippen LogP contribution in [0.1, 0.15) is 25.3 Å². The van der Waals surface area contributed by atoms with Crippen LogP contribution in [0, 0.1) is 11.7 Å². The second-order valence-corrected chi connectivity index (χ2v) is 6.56. The number of nitrogens with zero attached hydrogens (tertiary/aromatic N) is 1. The molecule has 1 aromatic carbocycles. The highest BCUT2D eigenvalue weighted by molar-refractivity contribution is 6.07. The van der Waals surface area contributed by atoms with E-state index in [0.29, 0.717) is 13.2 Å². The molecule has 1 aromatic rings. The molecule has 2 atom stereocenters. The van der Waals surface area contributed by atoms with E-state index in [1.807, 2.05) is 14.0 Å². The van der Waals surface area contributed by atoms with Gasteiger partial charge in [-0.3, -0.25) is 4.79 Å². The molecule has 2 N–H and O–H groups in total. The number of quaternary nitrogens is 1. The Balaban J connectivity index is 1.63. The van der Waals surface area contributed by atoms with Gasteiger partial charge in [0.25, 0.3) is 5.91 Å². The number of urea groups is 1. The normalized spacial score (nSPS) is 26.2. The fraction of sp³-hybridized carbons (Fsp3) is 0.500. The van der Waals surface area contributed by atoms with E-state index in [4.69, 9.17) is 0 Å². The van der Waals surface area contributed by atoms with Crippen LogP contribution < -0.4 is 10.2 Å². The molecule has 0 radical (unpaired) electrons. The number of imide groups is 1. The number of benzene rings is 1. The molecule has 2 aliphatic rings. The lowest BCUT2D eigenvalue weighted by molar-refractivity contribution is -0.901. The van der Waals surface area contributed by atoms with Gasteiger partial charge >= 0.3 is 6.03 Å². The number of carbonyl (C=O) groups is 2. The van der Waals surface area contributed by atoms with E-state index >= 15 is 0 Å². The fourth-order valence-electron chi connectivity index (χ4n) is 3.07. The van der Waals surface area contributed by atoms with Gasteiger partial charge in [-0.15, -0.1) is 0 Å². The summed E-state index contributed by atoms with van der Waals surface area (Å²) in [5.74, 6) is -0.125. The van der Waals surface area contributed by atoms with Crippen molar-refractivity contribution in [1.29, 1.82) is 0 Å². The zero-order valence-electron chi connectivity index (χ0n) is 12.9. The number of rotatable bonds is 5. The number of nitrogens with one attached hydrogen (secondary N) is 2. The minimum Gasteiger partial charge on any atom is -0.323 e. The predicted molar refractivity (Wildman–Crippen MR) is 78.4 cm³/mol. The smallest absolute Gasteiger partial charge is 0.323 e. The van der Waals surface area contributed by atoms with Gasteiger partial charge in [-0.2, -0.15) is 0 Å². The first-order valence-corrected chi connectivity index (χ1v) is 7.60. The van der Waals surface area contributed by atoms with Crippen molar-refractivity contribution >= 4 is 11.9 Å². The van der Waals surface area contributed by atoms with Crippen molar-refractivity contribution in [2.45, 2.75) is 31.8 Å². The molecule has 3 amide bonds. The molecular formula is C16H21FN3O2+. The molecule has 1 heterocycles. The van der Waals surface area contributed by atoms with Crippen molar-refractivity contribution in [3.63, 3.8) is 0 Å². The Bertz CT molecular complexity index is 600. The largest absolute Gasteiger partial charge is 0.329 e. The molecule has 2 fully saturated rings. The van der Waals surface area contributed by atoms with Gasteiger partial charge in [0.2, 0.25) is 0 Å². The average Bonchev–Trinajstić information content (AvgIpc) is 3.28. The van der Waals surface area contributed by atoms with Gasteiger partial charge in [0.15, 0.2) is 6.67 Å². The molecule has 3 rings (SSSR count). The van der Waals surface area contributed by atoms with Crippen molar-refractivity contribution in [2.75, 3.05) is 13.7 Å². The van der Waals surface area contributed by atoms with E-state index in [-0.39, 0.29) is 23.7 Å². The molecule has 0 bridgehead atoms. The van der Waals surface area contributed by atoms with E-state index in [9.17, 15) is 14.0 Å². The van der Waals surface area contributed by atoms with Crippen molar-refractivity contribution < 1.29 is 18.9 Å². The molecule has 1 saturated carbocycles.